The first-order valence-electron chi connectivity index (χ1n) is 17.3. The van der Waals surface area contributed by atoms with E-state index < -0.39 is 11.6 Å². The van der Waals surface area contributed by atoms with Crippen molar-refractivity contribution in [2.24, 2.45) is 0 Å². The fraction of sp³-hybridized carbons (Fsp3) is 0. The Bertz CT molecular complexity index is 2910. The van der Waals surface area contributed by atoms with Crippen molar-refractivity contribution >= 4 is 43.6 Å². The van der Waals surface area contributed by atoms with Gasteiger partial charge < -0.3 is 0 Å². The van der Waals surface area contributed by atoms with Gasteiger partial charge in [0.25, 0.3) is 0 Å². The molecule has 0 unspecified atom stereocenters. The van der Waals surface area contributed by atoms with Crippen LogP contribution in [0.25, 0.3) is 100 Å². The smallest absolute Gasteiger partial charge is 0.164 e. The van der Waals surface area contributed by atoms with E-state index in [2.05, 4.69) is 9.97 Å². The van der Waals surface area contributed by atoms with E-state index in [1.807, 2.05) is 103 Å². The summed E-state index contributed by atoms with van der Waals surface area (Å²) in [6.45, 7) is 0. The van der Waals surface area contributed by atoms with E-state index in [4.69, 9.17) is 24.9 Å². The average Bonchev–Trinajstić information content (AvgIpc) is 3.23. The monoisotopic (exact) mass is 701 g/mol. The third kappa shape index (κ3) is 5.64. The van der Waals surface area contributed by atoms with Gasteiger partial charge in [-0.25, -0.2) is 33.7 Å². The summed E-state index contributed by atoms with van der Waals surface area (Å²) >= 11 is 0. The van der Waals surface area contributed by atoms with E-state index >= 15 is 8.78 Å². The van der Waals surface area contributed by atoms with Gasteiger partial charge in [-0.1, -0.05) is 78.9 Å². The van der Waals surface area contributed by atoms with Crippen molar-refractivity contribution in [2.45, 2.75) is 0 Å². The molecule has 0 N–H and O–H groups in total. The van der Waals surface area contributed by atoms with Crippen LogP contribution in [0, 0.1) is 11.6 Å². The van der Waals surface area contributed by atoms with Gasteiger partial charge in [0, 0.05) is 61.8 Å². The molecule has 0 spiro atoms. The lowest BCUT2D eigenvalue weighted by Gasteiger charge is -2.11. The zero-order valence-corrected chi connectivity index (χ0v) is 28.3. The molecule has 9 heteroatoms. The summed E-state index contributed by atoms with van der Waals surface area (Å²) in [5.74, 6) is -0.170. The van der Waals surface area contributed by atoms with Crippen LogP contribution in [-0.4, -0.2) is 34.9 Å². The molecule has 7 nitrogen and oxygen atoms in total. The SMILES string of the molecule is Fc1cc(-c2ccc3ccc4cccnc4c3n2)cc(-c2nc(-c3ccccc3)nc(-c3cc(F)cc(-c4ccc5ccc6cccnc6c5n4)c3)n2)c1. The zero-order valence-electron chi connectivity index (χ0n) is 28.3. The fourth-order valence-electron chi connectivity index (χ4n) is 6.85. The quantitative estimate of drug-likeness (QED) is 0.165. The minimum Gasteiger partial charge on any atom is -0.254 e. The average molecular weight is 702 g/mol. The van der Waals surface area contributed by atoms with Crippen LogP contribution in [-0.2, 0) is 0 Å². The third-order valence-electron chi connectivity index (χ3n) is 9.44. The van der Waals surface area contributed by atoms with Gasteiger partial charge in [-0.15, -0.1) is 0 Å². The number of pyridine rings is 4. The fourth-order valence-corrected chi connectivity index (χ4v) is 6.85. The first kappa shape index (κ1) is 31.4. The number of nitrogens with zero attached hydrogens (tertiary/aromatic N) is 7. The van der Waals surface area contributed by atoms with Gasteiger partial charge in [0.05, 0.1) is 33.5 Å². The van der Waals surface area contributed by atoms with Gasteiger partial charge >= 0.3 is 0 Å². The normalized spacial score (nSPS) is 11.5. The molecule has 0 amide bonds. The van der Waals surface area contributed by atoms with E-state index in [9.17, 15) is 0 Å². The Labute approximate surface area is 306 Å². The number of rotatable bonds is 5. The maximum atomic E-state index is 15.5. The van der Waals surface area contributed by atoms with Crippen LogP contribution in [0.4, 0.5) is 8.78 Å². The first-order valence-corrected chi connectivity index (χ1v) is 17.3. The molecule has 54 heavy (non-hydrogen) atoms. The van der Waals surface area contributed by atoms with Crippen molar-refractivity contribution in [2.75, 3.05) is 0 Å². The molecular formula is C45H25F2N7. The number of aromatic nitrogens is 7. The van der Waals surface area contributed by atoms with E-state index in [0.29, 0.717) is 39.5 Å². The molecular weight excluding hydrogens is 677 g/mol. The number of benzene rings is 5. The summed E-state index contributed by atoms with van der Waals surface area (Å²) in [5.41, 5.74) is 6.74. The third-order valence-corrected chi connectivity index (χ3v) is 9.44. The topological polar surface area (TPSA) is 90.2 Å². The second-order valence-corrected chi connectivity index (χ2v) is 12.9. The second-order valence-electron chi connectivity index (χ2n) is 12.9. The number of hydrogen-bond acceptors (Lipinski definition) is 7. The highest BCUT2D eigenvalue weighted by molar-refractivity contribution is 6.04. The molecule has 0 aliphatic heterocycles. The van der Waals surface area contributed by atoms with Crippen LogP contribution in [0.15, 0.2) is 152 Å². The number of hydrogen-bond donors (Lipinski definition) is 0. The molecule has 0 saturated carbocycles. The minimum atomic E-state index is -0.485. The highest BCUT2D eigenvalue weighted by atomic mass is 19.1. The van der Waals surface area contributed by atoms with Crippen LogP contribution < -0.4 is 0 Å². The lowest BCUT2D eigenvalue weighted by atomic mass is 10.0. The van der Waals surface area contributed by atoms with Crippen LogP contribution >= 0.6 is 0 Å². The molecule has 5 aromatic heterocycles. The molecule has 0 fully saturated rings. The highest BCUT2D eigenvalue weighted by Crippen LogP contribution is 2.33. The van der Waals surface area contributed by atoms with Crippen LogP contribution in [0.5, 0.6) is 0 Å². The molecule has 0 atom stereocenters. The maximum Gasteiger partial charge on any atom is 0.164 e. The molecule has 0 bridgehead atoms. The van der Waals surface area contributed by atoms with Gasteiger partial charge in [-0.3, -0.25) is 9.97 Å². The van der Waals surface area contributed by atoms with Gasteiger partial charge in [0.1, 0.15) is 11.6 Å². The first-order chi connectivity index (χ1) is 26.5. The number of fused-ring (bicyclic) bond motifs is 6. The zero-order chi connectivity index (χ0) is 36.2. The van der Waals surface area contributed by atoms with E-state index in [1.54, 1.807) is 24.5 Å². The van der Waals surface area contributed by atoms with E-state index in [0.717, 1.165) is 49.2 Å². The Balaban J connectivity index is 1.12. The Morgan fingerprint density at radius 3 is 1.20 bits per heavy atom. The molecule has 0 radical (unpaired) electrons. The molecule has 5 aromatic carbocycles. The largest absolute Gasteiger partial charge is 0.254 e. The standard InChI is InChI=1S/C45H25F2N7/c46-35-22-31(37-16-14-28-12-10-26-8-4-18-48-39(26)41(28)50-37)20-33(24-35)44-52-43(30-6-2-1-3-7-30)53-45(54-44)34-21-32(23-36(47)25-34)38-17-15-29-13-11-27-9-5-19-49-40(27)42(29)51-38/h1-25H. The van der Waals surface area contributed by atoms with Gasteiger partial charge in [-0.05, 0) is 60.7 Å². The van der Waals surface area contributed by atoms with Crippen LogP contribution in [0.3, 0.4) is 0 Å². The summed E-state index contributed by atoms with van der Waals surface area (Å²) in [5, 5.41) is 3.77. The second kappa shape index (κ2) is 12.7. The van der Waals surface area contributed by atoms with Gasteiger partial charge in [0.15, 0.2) is 17.5 Å². The van der Waals surface area contributed by atoms with E-state index in [1.165, 1.54) is 24.3 Å². The molecule has 254 valence electrons. The molecule has 0 aliphatic rings. The van der Waals surface area contributed by atoms with Gasteiger partial charge in [0.2, 0.25) is 0 Å². The highest BCUT2D eigenvalue weighted by Gasteiger charge is 2.17. The van der Waals surface area contributed by atoms with Crippen LogP contribution in [0.2, 0.25) is 0 Å². The molecule has 10 aromatic rings. The summed E-state index contributed by atoms with van der Waals surface area (Å²) in [6, 6.07) is 42.0. The predicted octanol–water partition coefficient (Wildman–Crippen LogP) is 10.7. The number of halogens is 2. The van der Waals surface area contributed by atoms with Gasteiger partial charge in [-0.2, -0.15) is 0 Å². The summed E-state index contributed by atoms with van der Waals surface area (Å²) < 4.78 is 31.1. The van der Waals surface area contributed by atoms with Crippen molar-refractivity contribution in [3.05, 3.63) is 164 Å². The van der Waals surface area contributed by atoms with Crippen molar-refractivity contribution in [3.8, 4) is 56.7 Å². The Hall–Kier alpha value is -7.39. The predicted molar refractivity (Wildman–Crippen MR) is 208 cm³/mol. The van der Waals surface area contributed by atoms with E-state index in [-0.39, 0.29) is 11.6 Å². The Morgan fingerprint density at radius 2 is 0.722 bits per heavy atom. The van der Waals surface area contributed by atoms with Crippen molar-refractivity contribution in [1.29, 1.82) is 0 Å². The van der Waals surface area contributed by atoms with Crippen molar-refractivity contribution in [3.63, 3.8) is 0 Å². The Morgan fingerprint density at radius 1 is 0.315 bits per heavy atom. The molecule has 10 rings (SSSR count). The summed E-state index contributed by atoms with van der Waals surface area (Å²) in [7, 11) is 0. The summed E-state index contributed by atoms with van der Waals surface area (Å²) in [4.78, 5) is 33.4. The molecule has 5 heterocycles. The minimum absolute atomic E-state index is 0.222. The lowest BCUT2D eigenvalue weighted by molar-refractivity contribution is 0.628. The van der Waals surface area contributed by atoms with Crippen molar-refractivity contribution in [1.82, 2.24) is 34.9 Å². The lowest BCUT2D eigenvalue weighted by Crippen LogP contribution is -2.01. The molecule has 0 saturated heterocycles. The van der Waals surface area contributed by atoms with Crippen LogP contribution in [0.1, 0.15) is 0 Å². The molecule has 0 aliphatic carbocycles. The van der Waals surface area contributed by atoms with Crippen molar-refractivity contribution < 1.29 is 8.78 Å². The Kier molecular flexibility index (Phi) is 7.36. The maximum absolute atomic E-state index is 15.5. The summed E-state index contributed by atoms with van der Waals surface area (Å²) in [6.07, 6.45) is 3.47.